The van der Waals surface area contributed by atoms with Gasteiger partial charge < -0.3 is 10.5 Å². The van der Waals surface area contributed by atoms with Crippen LogP contribution in [-0.2, 0) is 0 Å². The number of halogens is 3. The number of carbonyl (C=O) groups excluding carboxylic acids is 1. The Hall–Kier alpha value is -1.92. The minimum atomic E-state index is -0.749. The molecular formula is C13H10Cl2FN3O2. The van der Waals surface area contributed by atoms with E-state index in [1.807, 2.05) is 0 Å². The lowest BCUT2D eigenvalue weighted by atomic mass is 10.1. The van der Waals surface area contributed by atoms with Gasteiger partial charge in [-0.25, -0.2) is 14.4 Å². The molecule has 0 fully saturated rings. The molecule has 8 heteroatoms. The highest BCUT2D eigenvalue weighted by Crippen LogP contribution is 2.34. The quantitative estimate of drug-likeness (QED) is 0.873. The number of nitrogen functional groups attached to an aromatic ring is 1. The molecule has 0 aliphatic carbocycles. The fourth-order valence-electron chi connectivity index (χ4n) is 1.71. The predicted molar refractivity (Wildman–Crippen MR) is 78.4 cm³/mol. The van der Waals surface area contributed by atoms with Crippen molar-refractivity contribution in [2.45, 2.75) is 6.92 Å². The largest absolute Gasteiger partial charge is 0.492 e. The van der Waals surface area contributed by atoms with Crippen LogP contribution in [0.15, 0.2) is 12.1 Å². The highest BCUT2D eigenvalue weighted by molar-refractivity contribution is 6.35. The Kier molecular flexibility index (Phi) is 4.29. The van der Waals surface area contributed by atoms with Crippen molar-refractivity contribution in [2.75, 3.05) is 12.8 Å². The molecule has 0 amide bonds. The lowest BCUT2D eigenvalue weighted by Gasteiger charge is -2.10. The van der Waals surface area contributed by atoms with Crippen molar-refractivity contribution in [3.8, 4) is 17.1 Å². The molecule has 0 aliphatic rings. The number of benzene rings is 1. The fourth-order valence-corrected chi connectivity index (χ4v) is 2.15. The van der Waals surface area contributed by atoms with E-state index in [1.165, 1.54) is 26.2 Å². The molecule has 5 nitrogen and oxygen atoms in total. The van der Waals surface area contributed by atoms with E-state index in [4.69, 9.17) is 33.7 Å². The maximum absolute atomic E-state index is 14.3. The number of hydrogen-bond donors (Lipinski definition) is 1. The summed E-state index contributed by atoms with van der Waals surface area (Å²) in [5.41, 5.74) is 5.56. The summed E-state index contributed by atoms with van der Waals surface area (Å²) >= 11 is 11.7. The van der Waals surface area contributed by atoms with Crippen LogP contribution in [0, 0.1) is 5.82 Å². The summed E-state index contributed by atoms with van der Waals surface area (Å²) in [6, 6.07) is 2.80. The Balaban J connectivity index is 2.71. The van der Waals surface area contributed by atoms with Crippen LogP contribution < -0.4 is 10.5 Å². The zero-order chi connectivity index (χ0) is 15.7. The first-order chi connectivity index (χ1) is 9.86. The molecule has 0 bridgehead atoms. The van der Waals surface area contributed by atoms with Gasteiger partial charge in [0.05, 0.1) is 17.7 Å². The molecule has 1 aromatic heterocycles. The Bertz CT molecular complexity index is 738. The summed E-state index contributed by atoms with van der Waals surface area (Å²) in [7, 11) is 1.28. The number of hydrogen-bond acceptors (Lipinski definition) is 5. The second-order valence-electron chi connectivity index (χ2n) is 4.09. The first kappa shape index (κ1) is 15.5. The molecule has 0 saturated heterocycles. The number of ketones is 1. The molecule has 0 unspecified atom stereocenters. The summed E-state index contributed by atoms with van der Waals surface area (Å²) in [5, 5.41) is 0.0417. The predicted octanol–water partition coefficient (Wildman–Crippen LogP) is 3.38. The molecule has 2 N–H and O–H groups in total. The van der Waals surface area contributed by atoms with Gasteiger partial charge in [0.2, 0.25) is 0 Å². The van der Waals surface area contributed by atoms with Gasteiger partial charge in [0.25, 0.3) is 0 Å². The number of Topliss-reactive ketones (excluding diaryl/α,β-unsaturated/α-hetero) is 1. The van der Waals surface area contributed by atoms with Gasteiger partial charge in [-0.3, -0.25) is 4.79 Å². The van der Waals surface area contributed by atoms with Gasteiger partial charge >= 0.3 is 0 Å². The first-order valence-electron chi connectivity index (χ1n) is 5.73. The molecule has 0 aliphatic heterocycles. The number of anilines is 1. The third kappa shape index (κ3) is 2.77. The Morgan fingerprint density at radius 1 is 1.33 bits per heavy atom. The van der Waals surface area contributed by atoms with Crippen molar-refractivity contribution in [2.24, 2.45) is 0 Å². The normalized spacial score (nSPS) is 10.5. The van der Waals surface area contributed by atoms with E-state index in [0.29, 0.717) is 0 Å². The van der Waals surface area contributed by atoms with E-state index in [1.54, 1.807) is 0 Å². The zero-order valence-electron chi connectivity index (χ0n) is 11.1. The van der Waals surface area contributed by atoms with Crippen molar-refractivity contribution in [3.63, 3.8) is 0 Å². The van der Waals surface area contributed by atoms with Gasteiger partial charge in [-0.1, -0.05) is 23.2 Å². The van der Waals surface area contributed by atoms with E-state index in [0.717, 1.165) is 0 Å². The van der Waals surface area contributed by atoms with Crippen molar-refractivity contribution < 1.29 is 13.9 Å². The maximum Gasteiger partial charge on any atom is 0.179 e. The van der Waals surface area contributed by atoms with Gasteiger partial charge in [-0.15, -0.1) is 0 Å². The van der Waals surface area contributed by atoms with Crippen LogP contribution in [0.5, 0.6) is 5.75 Å². The molecule has 2 rings (SSSR count). The van der Waals surface area contributed by atoms with Gasteiger partial charge in [0.15, 0.2) is 23.2 Å². The van der Waals surface area contributed by atoms with Crippen LogP contribution in [0.3, 0.4) is 0 Å². The first-order valence-corrected chi connectivity index (χ1v) is 6.48. The standard InChI is InChI=1S/C13H10Cl2FN3O2/c1-5(20)10-8(15)12(17)19-13(18-10)6-3-4-7(14)11(21-2)9(6)16/h3-4H,1-2H3,(H2,17,18,19). The van der Waals surface area contributed by atoms with Gasteiger partial charge in [0, 0.05) is 6.92 Å². The molecule has 0 radical (unpaired) electrons. The van der Waals surface area contributed by atoms with Crippen LogP contribution in [0.4, 0.5) is 10.2 Å². The van der Waals surface area contributed by atoms with Crippen molar-refractivity contribution in [1.82, 2.24) is 9.97 Å². The lowest BCUT2D eigenvalue weighted by Crippen LogP contribution is -2.07. The molecule has 2 aromatic rings. The average molecular weight is 330 g/mol. The number of rotatable bonds is 3. The van der Waals surface area contributed by atoms with E-state index in [-0.39, 0.29) is 38.7 Å². The average Bonchev–Trinajstić information content (AvgIpc) is 2.42. The highest BCUT2D eigenvalue weighted by atomic mass is 35.5. The molecule has 110 valence electrons. The van der Waals surface area contributed by atoms with Crippen LogP contribution in [0.25, 0.3) is 11.4 Å². The number of aromatic nitrogens is 2. The summed E-state index contributed by atoms with van der Waals surface area (Å²) in [4.78, 5) is 19.3. The van der Waals surface area contributed by atoms with Crippen LogP contribution in [0.1, 0.15) is 17.4 Å². The van der Waals surface area contributed by atoms with E-state index in [2.05, 4.69) is 9.97 Å². The lowest BCUT2D eigenvalue weighted by molar-refractivity contribution is 0.101. The number of methoxy groups -OCH3 is 1. The number of carbonyl (C=O) groups is 1. The van der Waals surface area contributed by atoms with Crippen LogP contribution in [0.2, 0.25) is 10.0 Å². The van der Waals surface area contributed by atoms with E-state index < -0.39 is 11.6 Å². The molecule has 0 atom stereocenters. The summed E-state index contributed by atoms with van der Waals surface area (Å²) in [6.45, 7) is 1.27. The fraction of sp³-hybridized carbons (Fsp3) is 0.154. The third-order valence-electron chi connectivity index (χ3n) is 2.70. The maximum atomic E-state index is 14.3. The Morgan fingerprint density at radius 3 is 2.57 bits per heavy atom. The van der Waals surface area contributed by atoms with Gasteiger partial charge in [-0.2, -0.15) is 0 Å². The molecular weight excluding hydrogens is 320 g/mol. The summed E-state index contributed by atoms with van der Waals surface area (Å²) in [6.07, 6.45) is 0. The summed E-state index contributed by atoms with van der Waals surface area (Å²) in [5.74, 6) is -1.48. The topological polar surface area (TPSA) is 78.1 Å². The minimum Gasteiger partial charge on any atom is -0.492 e. The van der Waals surface area contributed by atoms with Crippen LogP contribution in [-0.4, -0.2) is 22.9 Å². The SMILES string of the molecule is COc1c(Cl)ccc(-c2nc(N)c(Cl)c(C(C)=O)n2)c1F. The number of nitrogens with two attached hydrogens (primary N) is 1. The van der Waals surface area contributed by atoms with Gasteiger partial charge in [0.1, 0.15) is 16.5 Å². The Labute approximate surface area is 129 Å². The molecule has 21 heavy (non-hydrogen) atoms. The van der Waals surface area contributed by atoms with Crippen molar-refractivity contribution in [3.05, 3.63) is 33.7 Å². The molecule has 1 heterocycles. The third-order valence-corrected chi connectivity index (χ3v) is 3.37. The zero-order valence-corrected chi connectivity index (χ0v) is 12.6. The van der Waals surface area contributed by atoms with Gasteiger partial charge in [-0.05, 0) is 12.1 Å². The smallest absolute Gasteiger partial charge is 0.179 e. The molecule has 0 saturated carbocycles. The monoisotopic (exact) mass is 329 g/mol. The van der Waals surface area contributed by atoms with Crippen molar-refractivity contribution in [1.29, 1.82) is 0 Å². The Morgan fingerprint density at radius 2 is 2.00 bits per heavy atom. The highest BCUT2D eigenvalue weighted by Gasteiger charge is 2.20. The summed E-state index contributed by atoms with van der Waals surface area (Å²) < 4.78 is 19.2. The molecule has 0 spiro atoms. The van der Waals surface area contributed by atoms with Crippen LogP contribution >= 0.6 is 23.2 Å². The number of ether oxygens (including phenoxy) is 1. The minimum absolute atomic E-state index is 0.00196. The second kappa shape index (κ2) is 5.83. The number of nitrogens with zero attached hydrogens (tertiary/aromatic N) is 2. The second-order valence-corrected chi connectivity index (χ2v) is 4.88. The van der Waals surface area contributed by atoms with E-state index in [9.17, 15) is 9.18 Å². The molecule has 1 aromatic carbocycles. The van der Waals surface area contributed by atoms with Crippen molar-refractivity contribution >= 4 is 34.8 Å². The van der Waals surface area contributed by atoms with E-state index >= 15 is 0 Å².